The van der Waals surface area contributed by atoms with E-state index in [9.17, 15) is 18.4 Å². The van der Waals surface area contributed by atoms with E-state index in [0.29, 0.717) is 11.2 Å². The van der Waals surface area contributed by atoms with Crippen LogP contribution < -0.4 is 16.0 Å². The smallest absolute Gasteiger partial charge is 0.258 e. The normalized spacial score (nSPS) is 11.5. The van der Waals surface area contributed by atoms with Gasteiger partial charge in [-0.05, 0) is 36.4 Å². The lowest BCUT2D eigenvalue weighted by Crippen LogP contribution is -2.34. The van der Waals surface area contributed by atoms with Crippen molar-refractivity contribution >= 4 is 56.1 Å². The molecule has 2 amide bonds. The number of nitrogens with one attached hydrogen (secondary N) is 3. The van der Waals surface area contributed by atoms with Gasteiger partial charge in [-0.15, -0.1) is 0 Å². The fourth-order valence-corrected chi connectivity index (χ4v) is 3.89. The average molecular weight is 588 g/mol. The molecule has 0 aliphatic carbocycles. The van der Waals surface area contributed by atoms with Gasteiger partial charge in [-0.3, -0.25) is 9.59 Å². The van der Waals surface area contributed by atoms with E-state index < -0.39 is 34.5 Å². The summed E-state index contributed by atoms with van der Waals surface area (Å²) >= 11 is 3.31. The van der Waals surface area contributed by atoms with Gasteiger partial charge in [0.15, 0.2) is 5.82 Å². The van der Waals surface area contributed by atoms with Gasteiger partial charge in [0, 0.05) is 40.8 Å². The molecule has 1 heterocycles. The van der Waals surface area contributed by atoms with Crippen molar-refractivity contribution in [3.05, 3.63) is 81.6 Å². The fourth-order valence-electron chi connectivity index (χ4n) is 3.63. The Hall–Kier alpha value is -3.86. The number of hydrogen-bond donors (Lipinski definition) is 3. The van der Waals surface area contributed by atoms with E-state index in [-0.39, 0.29) is 35.0 Å². The highest BCUT2D eigenvalue weighted by molar-refractivity contribution is 9.10. The van der Waals surface area contributed by atoms with Crippen molar-refractivity contribution in [1.29, 1.82) is 0 Å². The van der Waals surface area contributed by atoms with E-state index in [0.717, 1.165) is 16.6 Å². The number of amides is 2. The van der Waals surface area contributed by atoms with Crippen molar-refractivity contribution in [2.75, 3.05) is 10.6 Å². The number of halogens is 4. The van der Waals surface area contributed by atoms with Crippen LogP contribution in [0.5, 0.6) is 0 Å². The number of aryl methyl sites for hydroxylation is 1. The molecule has 4 aromatic rings. The summed E-state index contributed by atoms with van der Waals surface area (Å²) in [5.74, 6) is -3.48. The van der Waals surface area contributed by atoms with Crippen molar-refractivity contribution in [3.63, 3.8) is 0 Å². The summed E-state index contributed by atoms with van der Waals surface area (Å²) in [4.78, 5) is 29.2. The molecule has 0 atom stereocenters. The Bertz CT molecular complexity index is 1550. The van der Waals surface area contributed by atoms with Gasteiger partial charge in [-0.25, -0.2) is 18.2 Å². The molecular weight excluding hydrogens is 563 g/mol. The molecule has 3 N–H and O–H groups in total. The summed E-state index contributed by atoms with van der Waals surface area (Å²) in [5, 5.41) is 7.89. The summed E-state index contributed by atoms with van der Waals surface area (Å²) in [5.41, 5.74) is -0.285. The third kappa shape index (κ3) is 5.67. The Morgan fingerprint density at radius 3 is 2.34 bits per heavy atom. The molecule has 1 aromatic heterocycles. The number of imidazole rings is 1. The second-order valence-electron chi connectivity index (χ2n) is 9.73. The molecule has 0 unspecified atom stereocenters. The van der Waals surface area contributed by atoms with Gasteiger partial charge in [-0.1, -0.05) is 42.8 Å². The second-order valence-corrected chi connectivity index (χ2v) is 10.6. The Balaban J connectivity index is 1.61. The van der Waals surface area contributed by atoms with Gasteiger partial charge < -0.3 is 20.5 Å². The molecule has 38 heavy (non-hydrogen) atoms. The molecule has 0 fully saturated rings. The molecule has 0 aliphatic heterocycles. The van der Waals surface area contributed by atoms with Crippen LogP contribution in [0.3, 0.4) is 0 Å². The van der Waals surface area contributed by atoms with Crippen LogP contribution in [-0.2, 0) is 18.4 Å². The topological polar surface area (TPSA) is 88.1 Å². The highest BCUT2D eigenvalue weighted by Crippen LogP contribution is 2.29. The second kappa shape index (κ2) is 10.5. The first-order valence-electron chi connectivity index (χ1n) is 11.6. The number of hydrogen-bond acceptors (Lipinski definition) is 4. The van der Waals surface area contributed by atoms with Crippen molar-refractivity contribution in [1.82, 2.24) is 14.9 Å². The molecule has 0 saturated carbocycles. The first kappa shape index (κ1) is 27.2. The molecule has 0 spiro atoms. The monoisotopic (exact) mass is 587 g/mol. The fraction of sp³-hybridized carbons (Fsp3) is 0.222. The Labute approximate surface area is 225 Å². The van der Waals surface area contributed by atoms with Crippen LogP contribution in [0.25, 0.3) is 11.0 Å². The maximum absolute atomic E-state index is 15.2. The zero-order chi connectivity index (χ0) is 27.8. The minimum atomic E-state index is -0.896. The molecule has 0 saturated heterocycles. The molecule has 3 aromatic carbocycles. The highest BCUT2D eigenvalue weighted by Gasteiger charge is 2.23. The van der Waals surface area contributed by atoms with Crippen LogP contribution in [0, 0.1) is 22.9 Å². The van der Waals surface area contributed by atoms with Gasteiger partial charge in [-0.2, -0.15) is 0 Å². The highest BCUT2D eigenvalue weighted by atomic mass is 79.9. The lowest BCUT2D eigenvalue weighted by atomic mass is 9.95. The Morgan fingerprint density at radius 1 is 1.00 bits per heavy atom. The van der Waals surface area contributed by atoms with Gasteiger partial charge in [0.1, 0.15) is 17.3 Å². The van der Waals surface area contributed by atoms with Crippen molar-refractivity contribution in [2.45, 2.75) is 27.3 Å². The Kier molecular flexibility index (Phi) is 7.50. The van der Waals surface area contributed by atoms with E-state index in [1.807, 2.05) is 0 Å². The minimum Gasteiger partial charge on any atom is -0.351 e. The lowest BCUT2D eigenvalue weighted by molar-refractivity contribution is -0.128. The maximum atomic E-state index is 15.2. The van der Waals surface area contributed by atoms with E-state index in [4.69, 9.17) is 0 Å². The van der Waals surface area contributed by atoms with Gasteiger partial charge in [0.2, 0.25) is 11.9 Å². The molecular formula is C27H25BrF3N5O2. The third-order valence-electron chi connectivity index (χ3n) is 5.84. The number of aromatic nitrogens is 2. The number of benzene rings is 3. The molecule has 11 heteroatoms. The summed E-state index contributed by atoms with van der Waals surface area (Å²) in [6, 6.07) is 11.5. The number of carbonyl (C=O) groups is 2. The lowest BCUT2D eigenvalue weighted by Gasteiger charge is -2.18. The number of carbonyl (C=O) groups excluding carboxylic acids is 2. The van der Waals surface area contributed by atoms with Gasteiger partial charge in [0.05, 0.1) is 16.6 Å². The first-order chi connectivity index (χ1) is 17.8. The molecule has 7 nitrogen and oxygen atoms in total. The zero-order valence-corrected chi connectivity index (χ0v) is 22.6. The maximum Gasteiger partial charge on any atom is 0.258 e. The van der Waals surface area contributed by atoms with Crippen LogP contribution in [0.4, 0.5) is 30.5 Å². The standard InChI is InChI=1S/C27H25BrF3N5O2/c1-27(2,3)25(38)32-13-14-5-10-18(29)23(22(14)31)35-26-34-20-11-17(19(30)12-21(20)36(26)4)24(37)33-16-8-6-15(28)7-9-16/h5-12H,13H2,1-4H3,(H,32,38)(H,33,37)(H,34,35). The molecule has 4 rings (SSSR count). The Morgan fingerprint density at radius 2 is 1.68 bits per heavy atom. The summed E-state index contributed by atoms with van der Waals surface area (Å²) < 4.78 is 47.0. The quantitative estimate of drug-likeness (QED) is 0.243. The molecule has 0 aliphatic rings. The van der Waals surface area contributed by atoms with Crippen LogP contribution >= 0.6 is 15.9 Å². The van der Waals surface area contributed by atoms with Crippen molar-refractivity contribution < 1.29 is 22.8 Å². The van der Waals surface area contributed by atoms with Crippen LogP contribution in [-0.4, -0.2) is 21.4 Å². The predicted octanol–water partition coefficient (Wildman–Crippen LogP) is 6.41. The van der Waals surface area contributed by atoms with Crippen molar-refractivity contribution in [3.8, 4) is 0 Å². The van der Waals surface area contributed by atoms with E-state index in [2.05, 4.69) is 36.9 Å². The number of rotatable bonds is 6. The van der Waals surface area contributed by atoms with E-state index >= 15 is 4.39 Å². The number of anilines is 3. The molecule has 0 bridgehead atoms. The van der Waals surface area contributed by atoms with Crippen LogP contribution in [0.15, 0.2) is 53.0 Å². The van der Waals surface area contributed by atoms with E-state index in [1.54, 1.807) is 52.1 Å². The van der Waals surface area contributed by atoms with Gasteiger partial charge in [0.25, 0.3) is 5.91 Å². The largest absolute Gasteiger partial charge is 0.351 e. The summed E-state index contributed by atoms with van der Waals surface area (Å²) in [6.07, 6.45) is 0. The number of fused-ring (bicyclic) bond motifs is 1. The zero-order valence-electron chi connectivity index (χ0n) is 21.0. The molecule has 198 valence electrons. The van der Waals surface area contributed by atoms with Crippen molar-refractivity contribution in [2.24, 2.45) is 12.5 Å². The van der Waals surface area contributed by atoms with Gasteiger partial charge >= 0.3 is 0 Å². The summed E-state index contributed by atoms with van der Waals surface area (Å²) in [7, 11) is 1.54. The predicted molar refractivity (Wildman–Crippen MR) is 144 cm³/mol. The SMILES string of the molecule is Cn1c(Nc2c(F)ccc(CNC(=O)C(C)(C)C)c2F)nc2cc(C(=O)Nc3ccc(Br)cc3)c(F)cc21. The van der Waals surface area contributed by atoms with Crippen LogP contribution in [0.2, 0.25) is 0 Å². The molecule has 0 radical (unpaired) electrons. The third-order valence-corrected chi connectivity index (χ3v) is 6.37. The minimum absolute atomic E-state index is 0.0264. The average Bonchev–Trinajstić information content (AvgIpc) is 3.15. The first-order valence-corrected chi connectivity index (χ1v) is 12.4. The van der Waals surface area contributed by atoms with Crippen LogP contribution in [0.1, 0.15) is 36.7 Å². The number of nitrogens with zero attached hydrogens (tertiary/aromatic N) is 2. The summed E-state index contributed by atoms with van der Waals surface area (Å²) in [6.45, 7) is 5.03. The van der Waals surface area contributed by atoms with E-state index in [1.165, 1.54) is 16.7 Å².